The average Bonchev–Trinajstić information content (AvgIpc) is 2.14. The van der Waals surface area contributed by atoms with Crippen molar-refractivity contribution in [2.45, 2.75) is 71.4 Å². The number of hydrogen-bond donors (Lipinski definition) is 2. The van der Waals surface area contributed by atoms with Crippen LogP contribution in [-0.2, 0) is 4.79 Å². The van der Waals surface area contributed by atoms with E-state index in [0.717, 1.165) is 37.5 Å². The SMILES string of the molecule is CC(N)CCCC(=O)NC1CC(C)CC(C)C1. The maximum absolute atomic E-state index is 11.8. The Kier molecular flexibility index (Phi) is 5.96. The van der Waals surface area contributed by atoms with Crippen molar-refractivity contribution in [3.63, 3.8) is 0 Å². The Morgan fingerprint density at radius 1 is 1.29 bits per heavy atom. The molecule has 100 valence electrons. The third-order valence-corrected chi connectivity index (χ3v) is 3.61. The molecule has 0 aromatic carbocycles. The lowest BCUT2D eigenvalue weighted by Gasteiger charge is -2.32. The van der Waals surface area contributed by atoms with Crippen LogP contribution in [0.4, 0.5) is 0 Å². The van der Waals surface area contributed by atoms with Crippen molar-refractivity contribution in [3.8, 4) is 0 Å². The molecular formula is C14H28N2O. The van der Waals surface area contributed by atoms with E-state index in [4.69, 9.17) is 5.73 Å². The first-order valence-electron chi connectivity index (χ1n) is 7.02. The van der Waals surface area contributed by atoms with E-state index in [0.29, 0.717) is 12.5 Å². The standard InChI is InChI=1S/C14H28N2O/c1-10-7-11(2)9-13(8-10)16-14(17)6-4-5-12(3)15/h10-13H,4-9,15H2,1-3H3,(H,16,17). The average molecular weight is 240 g/mol. The van der Waals surface area contributed by atoms with E-state index < -0.39 is 0 Å². The number of hydrogen-bond acceptors (Lipinski definition) is 2. The highest BCUT2D eigenvalue weighted by molar-refractivity contribution is 5.76. The second-order valence-corrected chi connectivity index (χ2v) is 6.05. The van der Waals surface area contributed by atoms with Crippen LogP contribution >= 0.6 is 0 Å². The van der Waals surface area contributed by atoms with Crippen molar-refractivity contribution in [2.24, 2.45) is 17.6 Å². The smallest absolute Gasteiger partial charge is 0.220 e. The summed E-state index contributed by atoms with van der Waals surface area (Å²) >= 11 is 0. The highest BCUT2D eigenvalue weighted by Crippen LogP contribution is 2.28. The first kappa shape index (κ1) is 14.5. The van der Waals surface area contributed by atoms with Gasteiger partial charge in [0.05, 0.1) is 0 Å². The summed E-state index contributed by atoms with van der Waals surface area (Å²) in [6.07, 6.45) is 6.05. The molecule has 0 aromatic rings. The number of rotatable bonds is 5. The molecule has 1 fully saturated rings. The van der Waals surface area contributed by atoms with Crippen molar-refractivity contribution in [3.05, 3.63) is 0 Å². The molecule has 1 saturated carbocycles. The molecule has 17 heavy (non-hydrogen) atoms. The van der Waals surface area contributed by atoms with Crippen LogP contribution in [0.2, 0.25) is 0 Å². The predicted octanol–water partition coefficient (Wildman–Crippen LogP) is 2.44. The van der Waals surface area contributed by atoms with Gasteiger partial charge in [0.2, 0.25) is 5.91 Å². The fraction of sp³-hybridized carbons (Fsp3) is 0.929. The summed E-state index contributed by atoms with van der Waals surface area (Å²) in [6.45, 7) is 6.55. The van der Waals surface area contributed by atoms with Gasteiger partial charge in [0.1, 0.15) is 0 Å². The van der Waals surface area contributed by atoms with Crippen LogP contribution in [0.15, 0.2) is 0 Å². The minimum atomic E-state index is 0.206. The van der Waals surface area contributed by atoms with E-state index in [2.05, 4.69) is 19.2 Å². The molecular weight excluding hydrogens is 212 g/mol. The topological polar surface area (TPSA) is 55.1 Å². The molecule has 0 aromatic heterocycles. The van der Waals surface area contributed by atoms with E-state index in [1.54, 1.807) is 0 Å². The monoisotopic (exact) mass is 240 g/mol. The Labute approximate surface area is 106 Å². The second-order valence-electron chi connectivity index (χ2n) is 6.05. The molecule has 0 aliphatic heterocycles. The maximum Gasteiger partial charge on any atom is 0.220 e. The summed E-state index contributed by atoms with van der Waals surface area (Å²) in [4.78, 5) is 11.8. The van der Waals surface area contributed by atoms with Crippen LogP contribution < -0.4 is 11.1 Å². The van der Waals surface area contributed by atoms with Gasteiger partial charge < -0.3 is 11.1 Å². The fourth-order valence-corrected chi connectivity index (χ4v) is 2.95. The molecule has 0 heterocycles. The minimum Gasteiger partial charge on any atom is -0.353 e. The van der Waals surface area contributed by atoms with Crippen molar-refractivity contribution in [2.75, 3.05) is 0 Å². The Morgan fingerprint density at radius 3 is 2.41 bits per heavy atom. The molecule has 3 nitrogen and oxygen atoms in total. The Hall–Kier alpha value is -0.570. The van der Waals surface area contributed by atoms with E-state index in [1.807, 2.05) is 6.92 Å². The number of carbonyl (C=O) groups excluding carboxylic acids is 1. The van der Waals surface area contributed by atoms with E-state index in [9.17, 15) is 4.79 Å². The van der Waals surface area contributed by atoms with E-state index in [-0.39, 0.29) is 11.9 Å². The van der Waals surface area contributed by atoms with E-state index in [1.165, 1.54) is 6.42 Å². The number of nitrogens with two attached hydrogens (primary N) is 1. The molecule has 3 heteroatoms. The van der Waals surface area contributed by atoms with Crippen molar-refractivity contribution in [1.82, 2.24) is 5.32 Å². The van der Waals surface area contributed by atoms with Gasteiger partial charge in [0, 0.05) is 18.5 Å². The number of nitrogens with one attached hydrogen (secondary N) is 1. The van der Waals surface area contributed by atoms with Crippen LogP contribution in [0.1, 0.15) is 59.3 Å². The van der Waals surface area contributed by atoms with Crippen LogP contribution in [0.5, 0.6) is 0 Å². The van der Waals surface area contributed by atoms with E-state index >= 15 is 0 Å². The molecule has 1 rings (SSSR count). The molecule has 0 bridgehead atoms. The fourth-order valence-electron chi connectivity index (χ4n) is 2.95. The molecule has 0 radical (unpaired) electrons. The van der Waals surface area contributed by atoms with Gasteiger partial charge >= 0.3 is 0 Å². The molecule has 1 aliphatic carbocycles. The Bertz CT molecular complexity index is 230. The summed E-state index contributed by atoms with van der Waals surface area (Å²) in [6, 6.07) is 0.606. The van der Waals surface area contributed by atoms with Gasteiger partial charge in [-0.1, -0.05) is 13.8 Å². The van der Waals surface area contributed by atoms with Crippen LogP contribution in [0.3, 0.4) is 0 Å². The first-order chi connectivity index (χ1) is 7.97. The minimum absolute atomic E-state index is 0.206. The zero-order valence-electron chi connectivity index (χ0n) is 11.5. The van der Waals surface area contributed by atoms with Gasteiger partial charge in [-0.2, -0.15) is 0 Å². The van der Waals surface area contributed by atoms with Crippen molar-refractivity contribution in [1.29, 1.82) is 0 Å². The largest absolute Gasteiger partial charge is 0.353 e. The number of carbonyl (C=O) groups is 1. The third-order valence-electron chi connectivity index (χ3n) is 3.61. The highest BCUT2D eigenvalue weighted by atomic mass is 16.1. The summed E-state index contributed by atoms with van der Waals surface area (Å²) in [5, 5.41) is 3.17. The zero-order chi connectivity index (χ0) is 12.8. The molecule has 0 spiro atoms. The summed E-state index contributed by atoms with van der Waals surface area (Å²) in [5.74, 6) is 1.69. The maximum atomic E-state index is 11.8. The first-order valence-corrected chi connectivity index (χ1v) is 7.02. The lowest BCUT2D eigenvalue weighted by atomic mass is 9.80. The quantitative estimate of drug-likeness (QED) is 0.775. The zero-order valence-corrected chi connectivity index (χ0v) is 11.5. The third kappa shape index (κ3) is 6.06. The van der Waals surface area contributed by atoms with Crippen molar-refractivity contribution < 1.29 is 4.79 Å². The highest BCUT2D eigenvalue weighted by Gasteiger charge is 2.24. The summed E-state index contributed by atoms with van der Waals surface area (Å²) < 4.78 is 0. The molecule has 3 unspecified atom stereocenters. The predicted molar refractivity (Wildman–Crippen MR) is 71.6 cm³/mol. The van der Waals surface area contributed by atoms with Crippen LogP contribution in [0.25, 0.3) is 0 Å². The summed E-state index contributed by atoms with van der Waals surface area (Å²) in [7, 11) is 0. The van der Waals surface area contributed by atoms with Gasteiger partial charge in [-0.15, -0.1) is 0 Å². The number of amides is 1. The molecule has 3 atom stereocenters. The van der Waals surface area contributed by atoms with Gasteiger partial charge in [-0.25, -0.2) is 0 Å². The lowest BCUT2D eigenvalue weighted by molar-refractivity contribution is -0.122. The van der Waals surface area contributed by atoms with Crippen LogP contribution in [-0.4, -0.2) is 18.0 Å². The molecule has 1 amide bonds. The van der Waals surface area contributed by atoms with Gasteiger partial charge in [0.25, 0.3) is 0 Å². The van der Waals surface area contributed by atoms with Crippen molar-refractivity contribution >= 4 is 5.91 Å². The second kappa shape index (κ2) is 7.00. The summed E-state index contributed by atoms with van der Waals surface area (Å²) in [5.41, 5.74) is 5.67. The van der Waals surface area contributed by atoms with Gasteiger partial charge in [-0.05, 0) is 50.9 Å². The van der Waals surface area contributed by atoms with Gasteiger partial charge in [0.15, 0.2) is 0 Å². The molecule has 1 aliphatic rings. The molecule has 0 saturated heterocycles. The van der Waals surface area contributed by atoms with Crippen LogP contribution in [0, 0.1) is 11.8 Å². The Morgan fingerprint density at radius 2 is 1.88 bits per heavy atom. The molecule has 3 N–H and O–H groups in total. The van der Waals surface area contributed by atoms with Gasteiger partial charge in [-0.3, -0.25) is 4.79 Å². The lowest BCUT2D eigenvalue weighted by Crippen LogP contribution is -2.40. The normalized spacial score (nSPS) is 30.9. The Balaban J connectivity index is 2.21.